The number of methoxy groups -OCH3 is 1. The molecule has 0 aliphatic carbocycles. The van der Waals surface area contributed by atoms with Gasteiger partial charge in [0.25, 0.3) is 0 Å². The fourth-order valence-corrected chi connectivity index (χ4v) is 3.35. The molecule has 0 amide bonds. The first-order valence-corrected chi connectivity index (χ1v) is 8.89. The Bertz CT molecular complexity index is 1140. The Kier molecular flexibility index (Phi) is 4.22. The molecule has 0 aliphatic heterocycles. The van der Waals surface area contributed by atoms with E-state index in [1.54, 1.807) is 7.11 Å². The van der Waals surface area contributed by atoms with Crippen molar-refractivity contribution in [2.24, 2.45) is 0 Å². The number of rotatable bonds is 3. The Hall–Kier alpha value is -3.06. The molecule has 1 heteroatoms. The van der Waals surface area contributed by atoms with Crippen molar-refractivity contribution in [2.75, 3.05) is 7.11 Å². The number of benzene rings is 4. The number of ether oxygens (including phenoxy) is 1. The van der Waals surface area contributed by atoms with Crippen molar-refractivity contribution in [3.63, 3.8) is 0 Å². The Morgan fingerprint density at radius 3 is 2.15 bits per heavy atom. The first-order valence-electron chi connectivity index (χ1n) is 8.89. The molecule has 4 rings (SSSR count). The molecule has 0 saturated carbocycles. The number of aryl methyl sites for hydroxylation is 2. The second kappa shape index (κ2) is 6.68. The van der Waals surface area contributed by atoms with E-state index >= 15 is 0 Å². The quantitative estimate of drug-likeness (QED) is 0.295. The van der Waals surface area contributed by atoms with E-state index in [0.29, 0.717) is 0 Å². The summed E-state index contributed by atoms with van der Waals surface area (Å²) in [5, 5.41) is 4.94. The van der Waals surface area contributed by atoms with E-state index in [-0.39, 0.29) is 0 Å². The molecule has 4 aromatic carbocycles. The van der Waals surface area contributed by atoms with Gasteiger partial charge in [0, 0.05) is 0 Å². The van der Waals surface area contributed by atoms with E-state index in [0.717, 1.165) is 5.75 Å². The van der Waals surface area contributed by atoms with E-state index in [1.807, 2.05) is 6.07 Å². The summed E-state index contributed by atoms with van der Waals surface area (Å²) in [6, 6.07) is 23.9. The minimum Gasteiger partial charge on any atom is -0.497 e. The van der Waals surface area contributed by atoms with Crippen LogP contribution in [-0.2, 0) is 0 Å². The number of hydrogen-bond donors (Lipinski definition) is 0. The van der Waals surface area contributed by atoms with Crippen molar-refractivity contribution >= 4 is 33.7 Å². The van der Waals surface area contributed by atoms with Crippen molar-refractivity contribution in [3.8, 4) is 5.75 Å². The summed E-state index contributed by atoms with van der Waals surface area (Å²) in [6.07, 6.45) is 4.40. The SMILES string of the molecule is COc1ccc2cc3cc(/C=C/c4cc(C)ccc4C)ccc3cc2c1. The van der Waals surface area contributed by atoms with Crippen molar-refractivity contribution in [2.45, 2.75) is 13.8 Å². The van der Waals surface area contributed by atoms with E-state index in [9.17, 15) is 0 Å². The van der Waals surface area contributed by atoms with E-state index < -0.39 is 0 Å². The van der Waals surface area contributed by atoms with Crippen LogP contribution in [0.3, 0.4) is 0 Å². The number of hydrogen-bond acceptors (Lipinski definition) is 1. The van der Waals surface area contributed by atoms with Gasteiger partial charge in [0.15, 0.2) is 0 Å². The lowest BCUT2D eigenvalue weighted by Gasteiger charge is -2.06. The smallest absolute Gasteiger partial charge is 0.119 e. The largest absolute Gasteiger partial charge is 0.497 e. The van der Waals surface area contributed by atoms with Gasteiger partial charge < -0.3 is 4.74 Å². The Morgan fingerprint density at radius 1 is 0.654 bits per heavy atom. The van der Waals surface area contributed by atoms with Gasteiger partial charge in [-0.15, -0.1) is 0 Å². The summed E-state index contributed by atoms with van der Waals surface area (Å²) in [7, 11) is 1.71. The van der Waals surface area contributed by atoms with Crippen LogP contribution in [0.15, 0.2) is 66.7 Å². The fraction of sp³-hybridized carbons (Fsp3) is 0.120. The highest BCUT2D eigenvalue weighted by atomic mass is 16.5. The highest BCUT2D eigenvalue weighted by molar-refractivity contribution is 5.99. The molecule has 0 aromatic heterocycles. The molecule has 128 valence electrons. The van der Waals surface area contributed by atoms with Crippen LogP contribution in [0.1, 0.15) is 22.3 Å². The molecule has 4 aromatic rings. The molecule has 0 radical (unpaired) electrons. The van der Waals surface area contributed by atoms with Crippen LogP contribution in [0.25, 0.3) is 33.7 Å². The predicted molar refractivity (Wildman–Crippen MR) is 113 cm³/mol. The average Bonchev–Trinajstić information content (AvgIpc) is 2.66. The lowest BCUT2D eigenvalue weighted by molar-refractivity contribution is 0.415. The van der Waals surface area contributed by atoms with Crippen LogP contribution in [0.4, 0.5) is 0 Å². The van der Waals surface area contributed by atoms with Crippen molar-refractivity contribution in [1.29, 1.82) is 0 Å². The third kappa shape index (κ3) is 3.21. The first-order chi connectivity index (χ1) is 12.6. The summed E-state index contributed by atoms with van der Waals surface area (Å²) >= 11 is 0. The molecule has 0 heterocycles. The van der Waals surface area contributed by atoms with Crippen LogP contribution < -0.4 is 4.74 Å². The molecule has 0 spiro atoms. The maximum atomic E-state index is 5.34. The Labute approximate surface area is 154 Å². The van der Waals surface area contributed by atoms with E-state index in [4.69, 9.17) is 4.74 Å². The standard InChI is InChI=1S/C25H22O/c1-17-4-5-18(2)20(12-17)8-6-19-7-9-21-15-24-16-25(26-3)11-10-22(24)14-23(21)13-19/h4-16H,1-3H3/b8-6+. The topological polar surface area (TPSA) is 9.23 Å². The summed E-state index contributed by atoms with van der Waals surface area (Å²) < 4.78 is 5.34. The predicted octanol–water partition coefficient (Wildman–Crippen LogP) is 6.79. The second-order valence-corrected chi connectivity index (χ2v) is 6.87. The van der Waals surface area contributed by atoms with Gasteiger partial charge in [0.2, 0.25) is 0 Å². The van der Waals surface area contributed by atoms with Crippen molar-refractivity contribution < 1.29 is 4.74 Å². The molecule has 0 N–H and O–H groups in total. The summed E-state index contributed by atoms with van der Waals surface area (Å²) in [5.74, 6) is 0.893. The van der Waals surface area contributed by atoms with Crippen LogP contribution >= 0.6 is 0 Å². The van der Waals surface area contributed by atoms with Gasteiger partial charge in [-0.25, -0.2) is 0 Å². The van der Waals surface area contributed by atoms with Crippen LogP contribution in [0, 0.1) is 13.8 Å². The van der Waals surface area contributed by atoms with Crippen LogP contribution in [0.5, 0.6) is 5.75 Å². The molecule has 0 atom stereocenters. The monoisotopic (exact) mass is 338 g/mol. The summed E-state index contributed by atoms with van der Waals surface area (Å²) in [4.78, 5) is 0. The lowest BCUT2D eigenvalue weighted by atomic mass is 10.0. The Balaban J connectivity index is 1.74. The number of fused-ring (bicyclic) bond motifs is 2. The van der Waals surface area contributed by atoms with Crippen molar-refractivity contribution in [3.05, 3.63) is 89.0 Å². The Morgan fingerprint density at radius 2 is 1.38 bits per heavy atom. The maximum absolute atomic E-state index is 5.34. The second-order valence-electron chi connectivity index (χ2n) is 6.87. The molecule has 26 heavy (non-hydrogen) atoms. The molecule has 0 unspecified atom stereocenters. The van der Waals surface area contributed by atoms with Gasteiger partial charge in [0.1, 0.15) is 5.75 Å². The maximum Gasteiger partial charge on any atom is 0.119 e. The van der Waals surface area contributed by atoms with Crippen LogP contribution in [0.2, 0.25) is 0 Å². The zero-order chi connectivity index (χ0) is 18.1. The van der Waals surface area contributed by atoms with Gasteiger partial charge in [0.05, 0.1) is 7.11 Å². The third-order valence-corrected chi connectivity index (χ3v) is 4.92. The van der Waals surface area contributed by atoms with E-state index in [2.05, 4.69) is 86.7 Å². The van der Waals surface area contributed by atoms with Gasteiger partial charge in [-0.05, 0) is 82.4 Å². The zero-order valence-electron chi connectivity index (χ0n) is 15.4. The summed E-state index contributed by atoms with van der Waals surface area (Å²) in [6.45, 7) is 4.28. The molecule has 0 bridgehead atoms. The van der Waals surface area contributed by atoms with E-state index in [1.165, 1.54) is 43.8 Å². The average molecular weight is 338 g/mol. The van der Waals surface area contributed by atoms with Crippen molar-refractivity contribution in [1.82, 2.24) is 0 Å². The highest BCUT2D eigenvalue weighted by Crippen LogP contribution is 2.27. The molecule has 0 aliphatic rings. The molecule has 1 nitrogen and oxygen atoms in total. The molecule has 0 saturated heterocycles. The van der Waals surface area contributed by atoms with Gasteiger partial charge in [-0.1, -0.05) is 54.1 Å². The summed E-state index contributed by atoms with van der Waals surface area (Å²) in [5.41, 5.74) is 5.07. The molecule has 0 fully saturated rings. The zero-order valence-corrected chi connectivity index (χ0v) is 15.4. The van der Waals surface area contributed by atoms with Gasteiger partial charge in [-0.2, -0.15) is 0 Å². The highest BCUT2D eigenvalue weighted by Gasteiger charge is 2.01. The third-order valence-electron chi connectivity index (χ3n) is 4.92. The normalized spacial score (nSPS) is 11.5. The first kappa shape index (κ1) is 16.4. The molecular formula is C25H22O. The lowest BCUT2D eigenvalue weighted by Crippen LogP contribution is -1.84. The van der Waals surface area contributed by atoms with Gasteiger partial charge >= 0.3 is 0 Å². The fourth-order valence-electron chi connectivity index (χ4n) is 3.35. The van der Waals surface area contributed by atoms with Crippen LogP contribution in [-0.4, -0.2) is 7.11 Å². The minimum atomic E-state index is 0.893. The molecular weight excluding hydrogens is 316 g/mol. The van der Waals surface area contributed by atoms with Gasteiger partial charge in [-0.3, -0.25) is 0 Å². The minimum absolute atomic E-state index is 0.893.